The van der Waals surface area contributed by atoms with Crippen LogP contribution in [-0.4, -0.2) is 23.9 Å². The lowest BCUT2D eigenvalue weighted by Gasteiger charge is -2.09. The molecule has 0 spiro atoms. The minimum absolute atomic E-state index is 0.464. The number of hydrogen-bond acceptors (Lipinski definition) is 4. The fourth-order valence-corrected chi connectivity index (χ4v) is 2.20. The van der Waals surface area contributed by atoms with E-state index < -0.39 is 8.60 Å². The van der Waals surface area contributed by atoms with Gasteiger partial charge in [0.25, 0.3) is 0 Å². The summed E-state index contributed by atoms with van der Waals surface area (Å²) in [6.45, 7) is 5.37. The molecule has 0 bridgehead atoms. The summed E-state index contributed by atoms with van der Waals surface area (Å²) >= 11 is 0. The SMILES string of the molecule is CCCCOP(O)OCCCC.O=C1CCCCC1. The molecule has 0 amide bonds. The van der Waals surface area contributed by atoms with E-state index in [-0.39, 0.29) is 0 Å². The van der Waals surface area contributed by atoms with Crippen LogP contribution in [0.4, 0.5) is 0 Å². The van der Waals surface area contributed by atoms with Crippen LogP contribution in [0.15, 0.2) is 0 Å². The molecule has 0 atom stereocenters. The normalized spacial score (nSPS) is 15.3. The van der Waals surface area contributed by atoms with Crippen molar-refractivity contribution in [3.63, 3.8) is 0 Å². The van der Waals surface area contributed by atoms with Crippen LogP contribution in [-0.2, 0) is 13.8 Å². The third-order valence-electron chi connectivity index (χ3n) is 2.81. The maximum absolute atomic E-state index is 10.5. The topological polar surface area (TPSA) is 55.8 Å². The molecule has 0 radical (unpaired) electrons. The predicted molar refractivity (Wildman–Crippen MR) is 79.0 cm³/mol. The van der Waals surface area contributed by atoms with Crippen molar-refractivity contribution in [3.05, 3.63) is 0 Å². The van der Waals surface area contributed by atoms with Gasteiger partial charge in [0.2, 0.25) is 0 Å². The molecule has 1 aliphatic rings. The lowest BCUT2D eigenvalue weighted by molar-refractivity contribution is -0.120. The third kappa shape index (κ3) is 14.2. The van der Waals surface area contributed by atoms with E-state index in [0.717, 1.165) is 51.4 Å². The van der Waals surface area contributed by atoms with Gasteiger partial charge in [-0.2, -0.15) is 0 Å². The largest absolute Gasteiger partial charge is 0.329 e. The summed E-state index contributed by atoms with van der Waals surface area (Å²) < 4.78 is 10.1. The Hall–Kier alpha value is -0.0200. The number of unbranched alkanes of at least 4 members (excludes halogenated alkanes) is 2. The van der Waals surface area contributed by atoms with Gasteiger partial charge in [-0.05, 0) is 25.7 Å². The van der Waals surface area contributed by atoms with E-state index in [1.165, 1.54) is 6.42 Å². The van der Waals surface area contributed by atoms with E-state index in [4.69, 9.17) is 13.9 Å². The highest BCUT2D eigenvalue weighted by Crippen LogP contribution is 2.32. The monoisotopic (exact) mass is 292 g/mol. The van der Waals surface area contributed by atoms with Crippen molar-refractivity contribution in [1.82, 2.24) is 0 Å². The molecule has 4 nitrogen and oxygen atoms in total. The minimum Gasteiger partial charge on any atom is -0.328 e. The zero-order valence-electron chi connectivity index (χ0n) is 12.4. The Bertz CT molecular complexity index is 194. The molecular weight excluding hydrogens is 263 g/mol. The fraction of sp³-hybridized carbons (Fsp3) is 0.929. The summed E-state index contributed by atoms with van der Waals surface area (Å²) in [6.07, 6.45) is 9.37. The summed E-state index contributed by atoms with van der Waals surface area (Å²) in [5.41, 5.74) is 0. The van der Waals surface area contributed by atoms with Crippen LogP contribution < -0.4 is 0 Å². The van der Waals surface area contributed by atoms with E-state index in [9.17, 15) is 4.79 Å². The van der Waals surface area contributed by atoms with Gasteiger partial charge in [-0.1, -0.05) is 33.1 Å². The van der Waals surface area contributed by atoms with Gasteiger partial charge in [0.1, 0.15) is 5.78 Å². The molecule has 1 aliphatic carbocycles. The average Bonchev–Trinajstić information content (AvgIpc) is 2.41. The van der Waals surface area contributed by atoms with Crippen LogP contribution in [0.25, 0.3) is 0 Å². The maximum Gasteiger partial charge on any atom is 0.329 e. The van der Waals surface area contributed by atoms with Crippen molar-refractivity contribution >= 4 is 14.4 Å². The molecule has 114 valence electrons. The summed E-state index contributed by atoms with van der Waals surface area (Å²) in [5.74, 6) is 0.464. The number of Topliss-reactive ketones (excluding diaryl/α,β-unsaturated/α-hetero) is 1. The zero-order chi connectivity index (χ0) is 14.3. The average molecular weight is 292 g/mol. The van der Waals surface area contributed by atoms with Crippen LogP contribution in [0.3, 0.4) is 0 Å². The number of rotatable bonds is 8. The molecule has 0 unspecified atom stereocenters. The van der Waals surface area contributed by atoms with Gasteiger partial charge in [0.05, 0.1) is 13.2 Å². The molecule has 19 heavy (non-hydrogen) atoms. The van der Waals surface area contributed by atoms with Gasteiger partial charge in [0, 0.05) is 12.8 Å². The van der Waals surface area contributed by atoms with E-state index in [1.54, 1.807) is 0 Å². The first-order chi connectivity index (χ1) is 9.20. The predicted octanol–water partition coefficient (Wildman–Crippen LogP) is 4.36. The number of ketones is 1. The standard InChI is InChI=1S/C8H19O3P.C6H10O/c1-3-5-7-10-12(9)11-8-6-4-2;7-6-4-2-1-3-5-6/h9H,3-8H2,1-2H3;1-5H2. The quantitative estimate of drug-likeness (QED) is 0.533. The Kier molecular flexibility index (Phi) is 14.4. The van der Waals surface area contributed by atoms with Crippen molar-refractivity contribution in [2.45, 2.75) is 71.6 Å². The van der Waals surface area contributed by atoms with Gasteiger partial charge in [0.15, 0.2) is 0 Å². The zero-order valence-corrected chi connectivity index (χ0v) is 13.3. The molecule has 1 saturated carbocycles. The molecule has 0 saturated heterocycles. The molecule has 0 aliphatic heterocycles. The maximum atomic E-state index is 10.5. The smallest absolute Gasteiger partial charge is 0.328 e. The van der Waals surface area contributed by atoms with Crippen LogP contribution in [0.5, 0.6) is 0 Å². The molecular formula is C14H29O4P. The first kappa shape index (κ1) is 19.0. The summed E-state index contributed by atoms with van der Waals surface area (Å²) in [4.78, 5) is 19.6. The van der Waals surface area contributed by atoms with Crippen molar-refractivity contribution in [1.29, 1.82) is 0 Å². The van der Waals surface area contributed by atoms with Crippen molar-refractivity contribution in [2.75, 3.05) is 13.2 Å². The molecule has 0 heterocycles. The Morgan fingerprint density at radius 1 is 1.00 bits per heavy atom. The Morgan fingerprint density at radius 2 is 1.47 bits per heavy atom. The molecule has 5 heteroatoms. The van der Waals surface area contributed by atoms with Gasteiger partial charge >= 0.3 is 8.60 Å². The van der Waals surface area contributed by atoms with Crippen LogP contribution >= 0.6 is 8.60 Å². The van der Waals surface area contributed by atoms with Crippen molar-refractivity contribution in [3.8, 4) is 0 Å². The van der Waals surface area contributed by atoms with E-state index in [1.807, 2.05) is 0 Å². The lowest BCUT2D eigenvalue weighted by atomic mass is 10.00. The first-order valence-corrected chi connectivity index (χ1v) is 8.60. The first-order valence-electron chi connectivity index (χ1n) is 7.47. The van der Waals surface area contributed by atoms with Gasteiger partial charge in [-0.3, -0.25) is 4.79 Å². The Morgan fingerprint density at radius 3 is 1.79 bits per heavy atom. The highest BCUT2D eigenvalue weighted by Gasteiger charge is 2.06. The van der Waals surface area contributed by atoms with Gasteiger partial charge in [-0.15, -0.1) is 0 Å². The molecule has 1 N–H and O–H groups in total. The van der Waals surface area contributed by atoms with Crippen molar-refractivity contribution < 1.29 is 18.7 Å². The molecule has 1 rings (SSSR count). The molecule has 1 fully saturated rings. The Balaban J connectivity index is 0.000000388. The molecule has 0 aromatic rings. The molecule has 0 aromatic heterocycles. The van der Waals surface area contributed by atoms with Gasteiger partial charge < -0.3 is 13.9 Å². The second-order valence-electron chi connectivity index (χ2n) is 4.71. The van der Waals surface area contributed by atoms with Gasteiger partial charge in [-0.25, -0.2) is 0 Å². The van der Waals surface area contributed by atoms with E-state index in [2.05, 4.69) is 13.8 Å². The Labute approximate surface area is 118 Å². The van der Waals surface area contributed by atoms with Crippen molar-refractivity contribution in [2.24, 2.45) is 0 Å². The highest BCUT2D eigenvalue weighted by molar-refractivity contribution is 7.40. The van der Waals surface area contributed by atoms with Crippen LogP contribution in [0.1, 0.15) is 71.6 Å². The highest BCUT2D eigenvalue weighted by atomic mass is 31.2. The summed E-state index contributed by atoms with van der Waals surface area (Å²) in [5, 5.41) is 0. The lowest BCUT2D eigenvalue weighted by Crippen LogP contribution is -2.02. The minimum atomic E-state index is -1.60. The van der Waals surface area contributed by atoms with E-state index >= 15 is 0 Å². The van der Waals surface area contributed by atoms with E-state index in [0.29, 0.717) is 19.0 Å². The number of carbonyl (C=O) groups excluding carboxylic acids is 1. The second kappa shape index (κ2) is 14.4. The number of hydrogen-bond donors (Lipinski definition) is 1. The summed E-state index contributed by atoms with van der Waals surface area (Å²) in [7, 11) is -1.60. The molecule has 0 aromatic carbocycles. The van der Waals surface area contributed by atoms with Crippen LogP contribution in [0.2, 0.25) is 0 Å². The summed E-state index contributed by atoms with van der Waals surface area (Å²) in [6, 6.07) is 0. The fourth-order valence-electron chi connectivity index (χ4n) is 1.56. The van der Waals surface area contributed by atoms with Crippen LogP contribution in [0, 0.1) is 0 Å². The second-order valence-corrected chi connectivity index (χ2v) is 5.70. The third-order valence-corrected chi connectivity index (χ3v) is 3.62. The number of carbonyl (C=O) groups is 1.